The molecule has 1 aliphatic rings. The van der Waals surface area contributed by atoms with E-state index in [2.05, 4.69) is 15.1 Å². The molecule has 0 aliphatic heterocycles. The molecule has 1 saturated carbocycles. The molecule has 9 heteroatoms. The van der Waals surface area contributed by atoms with Crippen LogP contribution in [0.5, 0.6) is 0 Å². The van der Waals surface area contributed by atoms with Crippen LogP contribution in [-0.4, -0.2) is 29.4 Å². The number of nitrogens with one attached hydrogen (secondary N) is 2. The minimum Gasteiger partial charge on any atom is -0.321 e. The maximum atomic E-state index is 12.9. The number of nitrogens with zero attached hydrogens (tertiary/aromatic N) is 2. The predicted octanol–water partition coefficient (Wildman–Crippen LogP) is 3.54. The molecule has 2 N–H and O–H groups in total. The smallest absolute Gasteiger partial charge is 0.257 e. The standard InChI is InChI=1S/C20H21ClN4O3S/c1-2-25-19-5-3-4-18(16(19)12-22-25)24-20(26)15-10-13(6-9-17(15)21)11-23-29(27,28)14-7-8-14/h3-6,9-10,12,14,23H,2,7-8,11H2,1H3,(H,24,26). The van der Waals surface area contributed by atoms with Crippen molar-refractivity contribution in [3.05, 3.63) is 58.7 Å². The normalized spacial score (nSPS) is 14.3. The fraction of sp³-hybridized carbons (Fsp3) is 0.300. The van der Waals surface area contributed by atoms with E-state index in [1.165, 1.54) is 0 Å². The molecule has 152 valence electrons. The highest BCUT2D eigenvalue weighted by molar-refractivity contribution is 7.90. The molecule has 0 bridgehead atoms. The Morgan fingerprint density at radius 1 is 1.28 bits per heavy atom. The highest BCUT2D eigenvalue weighted by Gasteiger charge is 2.35. The lowest BCUT2D eigenvalue weighted by Gasteiger charge is -2.11. The minimum atomic E-state index is -3.29. The molecule has 7 nitrogen and oxygen atoms in total. The first-order valence-corrected chi connectivity index (χ1v) is 11.3. The monoisotopic (exact) mass is 432 g/mol. The van der Waals surface area contributed by atoms with Crippen molar-refractivity contribution >= 4 is 44.1 Å². The third-order valence-electron chi connectivity index (χ3n) is 4.95. The van der Waals surface area contributed by atoms with Gasteiger partial charge in [-0.25, -0.2) is 13.1 Å². The first-order chi connectivity index (χ1) is 13.9. The van der Waals surface area contributed by atoms with Crippen molar-refractivity contribution in [1.82, 2.24) is 14.5 Å². The molecule has 29 heavy (non-hydrogen) atoms. The van der Waals surface area contributed by atoms with Crippen molar-refractivity contribution in [1.29, 1.82) is 0 Å². The summed E-state index contributed by atoms with van der Waals surface area (Å²) in [6, 6.07) is 10.5. The summed E-state index contributed by atoms with van der Waals surface area (Å²) in [6.45, 7) is 2.85. The molecule has 0 saturated heterocycles. The molecule has 0 radical (unpaired) electrons. The van der Waals surface area contributed by atoms with Gasteiger partial charge in [-0.05, 0) is 49.6 Å². The van der Waals surface area contributed by atoms with Crippen LogP contribution >= 0.6 is 11.6 Å². The minimum absolute atomic E-state index is 0.120. The molecule has 1 aliphatic carbocycles. The molecule has 0 spiro atoms. The van der Waals surface area contributed by atoms with Crippen molar-refractivity contribution < 1.29 is 13.2 Å². The van der Waals surface area contributed by atoms with E-state index in [9.17, 15) is 13.2 Å². The van der Waals surface area contributed by atoms with E-state index in [1.54, 1.807) is 24.4 Å². The van der Waals surface area contributed by atoms with Crippen LogP contribution in [0.4, 0.5) is 5.69 Å². The molecular weight excluding hydrogens is 412 g/mol. The number of fused-ring (bicyclic) bond motifs is 1. The lowest BCUT2D eigenvalue weighted by Crippen LogP contribution is -2.26. The third-order valence-corrected chi connectivity index (χ3v) is 7.18. The van der Waals surface area contributed by atoms with Crippen molar-refractivity contribution in [3.63, 3.8) is 0 Å². The number of amides is 1. The number of anilines is 1. The number of hydrogen-bond donors (Lipinski definition) is 2. The Hall–Kier alpha value is -2.42. The number of aromatic nitrogens is 2. The highest BCUT2D eigenvalue weighted by atomic mass is 35.5. The molecule has 1 heterocycles. The lowest BCUT2D eigenvalue weighted by molar-refractivity contribution is 0.102. The van der Waals surface area contributed by atoms with Crippen LogP contribution in [0.3, 0.4) is 0 Å². The van der Waals surface area contributed by atoms with Crippen LogP contribution in [0.15, 0.2) is 42.6 Å². The number of hydrogen-bond acceptors (Lipinski definition) is 4. The van der Waals surface area contributed by atoms with Crippen LogP contribution in [0.2, 0.25) is 5.02 Å². The Labute approximate surface area is 174 Å². The number of sulfonamides is 1. The van der Waals surface area contributed by atoms with E-state index in [0.717, 1.165) is 17.4 Å². The second-order valence-corrected chi connectivity index (χ2v) is 9.49. The average molecular weight is 433 g/mol. The van der Waals surface area contributed by atoms with Gasteiger partial charge in [-0.15, -0.1) is 0 Å². The van der Waals surface area contributed by atoms with Gasteiger partial charge >= 0.3 is 0 Å². The quantitative estimate of drug-likeness (QED) is 0.597. The Balaban J connectivity index is 1.55. The second kappa shape index (κ2) is 7.78. The summed E-state index contributed by atoms with van der Waals surface area (Å²) in [4.78, 5) is 12.9. The fourth-order valence-corrected chi connectivity index (χ4v) is 4.75. The number of carbonyl (C=O) groups is 1. The van der Waals surface area contributed by atoms with E-state index < -0.39 is 10.0 Å². The number of rotatable bonds is 7. The molecule has 4 rings (SSSR count). The van der Waals surface area contributed by atoms with Gasteiger partial charge in [0.1, 0.15) is 0 Å². The van der Waals surface area contributed by atoms with E-state index in [-0.39, 0.29) is 23.3 Å². The molecule has 1 fully saturated rings. The van der Waals surface area contributed by atoms with E-state index in [1.807, 2.05) is 29.8 Å². The van der Waals surface area contributed by atoms with E-state index >= 15 is 0 Å². The number of halogens is 1. The van der Waals surface area contributed by atoms with Crippen LogP contribution in [-0.2, 0) is 23.1 Å². The largest absolute Gasteiger partial charge is 0.321 e. The van der Waals surface area contributed by atoms with E-state index in [4.69, 9.17) is 11.6 Å². The number of benzene rings is 2. The van der Waals surface area contributed by atoms with Crippen molar-refractivity contribution in [2.45, 2.75) is 38.1 Å². The third kappa shape index (κ3) is 4.14. The van der Waals surface area contributed by atoms with Crippen molar-refractivity contribution in [2.24, 2.45) is 0 Å². The Morgan fingerprint density at radius 2 is 2.07 bits per heavy atom. The Kier molecular flexibility index (Phi) is 5.33. The van der Waals surface area contributed by atoms with Crippen LogP contribution < -0.4 is 10.0 Å². The fourth-order valence-electron chi connectivity index (χ4n) is 3.19. The molecule has 0 unspecified atom stereocenters. The summed E-state index contributed by atoms with van der Waals surface area (Å²) in [5, 5.41) is 8.07. The number of aryl methyl sites for hydroxylation is 1. The SMILES string of the molecule is CCn1ncc2c(NC(=O)c3cc(CNS(=O)(=O)C4CC4)ccc3Cl)cccc21. The van der Waals surface area contributed by atoms with Gasteiger partial charge in [-0.3, -0.25) is 9.48 Å². The highest BCUT2D eigenvalue weighted by Crippen LogP contribution is 2.28. The zero-order valence-corrected chi connectivity index (χ0v) is 17.4. The summed E-state index contributed by atoms with van der Waals surface area (Å²) in [5.41, 5.74) is 2.53. The second-order valence-electron chi connectivity index (χ2n) is 7.03. The summed E-state index contributed by atoms with van der Waals surface area (Å²) in [5.74, 6) is -0.362. The number of carbonyl (C=O) groups excluding carboxylic acids is 1. The molecule has 1 aromatic heterocycles. The zero-order valence-electron chi connectivity index (χ0n) is 15.9. The molecule has 1 amide bonds. The van der Waals surface area contributed by atoms with E-state index in [0.29, 0.717) is 29.1 Å². The Morgan fingerprint density at radius 3 is 2.79 bits per heavy atom. The van der Waals surface area contributed by atoms with Crippen LogP contribution in [0, 0.1) is 0 Å². The average Bonchev–Trinajstić information content (AvgIpc) is 3.48. The lowest BCUT2D eigenvalue weighted by atomic mass is 10.1. The van der Waals surface area contributed by atoms with Crippen molar-refractivity contribution in [2.75, 3.05) is 5.32 Å². The molecule has 2 aromatic carbocycles. The summed E-state index contributed by atoms with van der Waals surface area (Å²) < 4.78 is 28.5. The molecule has 0 atom stereocenters. The topological polar surface area (TPSA) is 93.1 Å². The van der Waals surface area contributed by atoms with Gasteiger partial charge in [-0.1, -0.05) is 23.7 Å². The van der Waals surface area contributed by atoms with Crippen molar-refractivity contribution in [3.8, 4) is 0 Å². The van der Waals surface area contributed by atoms with Crippen LogP contribution in [0.1, 0.15) is 35.7 Å². The Bertz CT molecular complexity index is 1190. The maximum absolute atomic E-state index is 12.9. The molecular formula is C20H21ClN4O3S. The first kappa shape index (κ1) is 19.9. The maximum Gasteiger partial charge on any atom is 0.257 e. The van der Waals surface area contributed by atoms with Gasteiger partial charge in [0.05, 0.1) is 33.2 Å². The first-order valence-electron chi connectivity index (χ1n) is 9.42. The van der Waals surface area contributed by atoms with Gasteiger partial charge in [0.2, 0.25) is 10.0 Å². The van der Waals surface area contributed by atoms with Gasteiger partial charge in [0.15, 0.2) is 0 Å². The van der Waals surface area contributed by atoms with Gasteiger partial charge in [-0.2, -0.15) is 5.10 Å². The summed E-state index contributed by atoms with van der Waals surface area (Å²) in [7, 11) is -3.29. The zero-order chi connectivity index (χ0) is 20.6. The van der Waals surface area contributed by atoms with Crippen LogP contribution in [0.25, 0.3) is 10.9 Å². The van der Waals surface area contributed by atoms with Gasteiger partial charge < -0.3 is 5.32 Å². The van der Waals surface area contributed by atoms with Gasteiger partial charge in [0.25, 0.3) is 5.91 Å². The predicted molar refractivity (Wildman–Crippen MR) is 114 cm³/mol. The summed E-state index contributed by atoms with van der Waals surface area (Å²) in [6.07, 6.45) is 3.12. The summed E-state index contributed by atoms with van der Waals surface area (Å²) >= 11 is 6.24. The molecule has 3 aromatic rings. The van der Waals surface area contributed by atoms with Gasteiger partial charge in [0, 0.05) is 18.5 Å².